The van der Waals surface area contributed by atoms with Crippen molar-refractivity contribution in [2.75, 3.05) is 13.2 Å². The number of hydrogen-bond acceptors (Lipinski definition) is 10. The van der Waals surface area contributed by atoms with Crippen molar-refractivity contribution in [1.29, 1.82) is 0 Å². The number of Topliss-reactive ketones (excluding diaryl/α,β-unsaturated/α-hetero) is 1. The fourth-order valence-corrected chi connectivity index (χ4v) is 3.89. The SMILES string of the molecule is CCOC(=O)[C@H](O)CN(Cc1ccc(-c2ccccc2)cc1)NC(=O)c1cc(C(C)=O)nn1COC(=O)C(N)C(C)C. The molecular weight excluding hydrogens is 542 g/mol. The van der Waals surface area contributed by atoms with E-state index in [2.05, 4.69) is 10.5 Å². The van der Waals surface area contributed by atoms with E-state index in [4.69, 9.17) is 15.2 Å². The molecule has 3 aromatic rings. The second-order valence-electron chi connectivity index (χ2n) is 9.99. The van der Waals surface area contributed by atoms with Crippen LogP contribution < -0.4 is 11.2 Å². The zero-order valence-electron chi connectivity index (χ0n) is 24.1. The van der Waals surface area contributed by atoms with Crippen molar-refractivity contribution < 1.29 is 33.8 Å². The van der Waals surface area contributed by atoms with E-state index < -0.39 is 42.5 Å². The van der Waals surface area contributed by atoms with Gasteiger partial charge in [-0.15, -0.1) is 0 Å². The number of hydrogen-bond donors (Lipinski definition) is 3. The highest BCUT2D eigenvalue weighted by molar-refractivity contribution is 5.97. The number of aliphatic hydroxyl groups is 1. The molecule has 0 saturated carbocycles. The number of carbonyl (C=O) groups is 4. The maximum Gasteiger partial charge on any atom is 0.336 e. The third-order valence-electron chi connectivity index (χ3n) is 6.34. The van der Waals surface area contributed by atoms with Gasteiger partial charge in [0, 0.05) is 19.5 Å². The number of ether oxygens (including phenoxy) is 2. The van der Waals surface area contributed by atoms with Gasteiger partial charge in [-0.05, 0) is 29.5 Å². The Morgan fingerprint density at radius 3 is 2.24 bits per heavy atom. The first-order valence-electron chi connectivity index (χ1n) is 13.6. The molecule has 0 saturated heterocycles. The Balaban J connectivity index is 1.83. The number of hydrazine groups is 1. The predicted octanol–water partition coefficient (Wildman–Crippen LogP) is 2.31. The second kappa shape index (κ2) is 15.0. The Morgan fingerprint density at radius 2 is 1.64 bits per heavy atom. The second-order valence-corrected chi connectivity index (χ2v) is 9.99. The molecule has 0 aliphatic heterocycles. The molecule has 0 fully saturated rings. The van der Waals surface area contributed by atoms with Crippen LogP contribution in [0.2, 0.25) is 0 Å². The van der Waals surface area contributed by atoms with Crippen molar-refractivity contribution in [3.8, 4) is 11.1 Å². The number of benzene rings is 2. The number of aromatic nitrogens is 2. The summed E-state index contributed by atoms with van der Waals surface area (Å²) in [4.78, 5) is 49.9. The average molecular weight is 580 g/mol. The van der Waals surface area contributed by atoms with Gasteiger partial charge in [0.25, 0.3) is 5.91 Å². The van der Waals surface area contributed by atoms with Gasteiger partial charge in [0.1, 0.15) is 17.4 Å². The number of carbonyl (C=O) groups excluding carboxylic acids is 4. The van der Waals surface area contributed by atoms with Crippen LogP contribution in [0.5, 0.6) is 0 Å². The van der Waals surface area contributed by atoms with Gasteiger partial charge < -0.3 is 20.3 Å². The number of esters is 2. The van der Waals surface area contributed by atoms with Crippen LogP contribution in [-0.4, -0.2) is 68.8 Å². The topological polar surface area (TPSA) is 166 Å². The smallest absolute Gasteiger partial charge is 0.336 e. The molecule has 1 aromatic heterocycles. The predicted molar refractivity (Wildman–Crippen MR) is 154 cm³/mol. The van der Waals surface area contributed by atoms with Crippen LogP contribution in [0.25, 0.3) is 11.1 Å². The molecule has 224 valence electrons. The highest BCUT2D eigenvalue weighted by atomic mass is 16.5. The molecule has 1 amide bonds. The molecule has 1 heterocycles. The van der Waals surface area contributed by atoms with E-state index >= 15 is 0 Å². The number of ketones is 1. The number of nitrogens with zero attached hydrogens (tertiary/aromatic N) is 3. The molecule has 12 heteroatoms. The van der Waals surface area contributed by atoms with E-state index in [0.29, 0.717) is 0 Å². The molecule has 2 aromatic carbocycles. The molecular formula is C30H37N5O7. The van der Waals surface area contributed by atoms with Crippen molar-refractivity contribution >= 4 is 23.6 Å². The lowest BCUT2D eigenvalue weighted by Crippen LogP contribution is -2.48. The van der Waals surface area contributed by atoms with Crippen LogP contribution in [-0.2, 0) is 32.3 Å². The molecule has 0 aliphatic carbocycles. The van der Waals surface area contributed by atoms with E-state index in [1.54, 1.807) is 20.8 Å². The Hall–Kier alpha value is -4.39. The lowest BCUT2D eigenvalue weighted by molar-refractivity contribution is -0.154. The van der Waals surface area contributed by atoms with Crippen molar-refractivity contribution in [2.45, 2.75) is 53.1 Å². The van der Waals surface area contributed by atoms with Gasteiger partial charge in [-0.2, -0.15) is 5.10 Å². The number of nitrogens with one attached hydrogen (secondary N) is 1. The van der Waals surface area contributed by atoms with Crippen molar-refractivity contribution in [2.24, 2.45) is 11.7 Å². The normalized spacial score (nSPS) is 12.6. The summed E-state index contributed by atoms with van der Waals surface area (Å²) in [6, 6.07) is 17.8. The van der Waals surface area contributed by atoms with Gasteiger partial charge in [0.15, 0.2) is 18.6 Å². The summed E-state index contributed by atoms with van der Waals surface area (Å²) >= 11 is 0. The molecule has 0 radical (unpaired) electrons. The lowest BCUT2D eigenvalue weighted by Gasteiger charge is -2.25. The Bertz CT molecular complexity index is 1370. The van der Waals surface area contributed by atoms with Gasteiger partial charge in [0.2, 0.25) is 0 Å². The van der Waals surface area contributed by atoms with Crippen LogP contribution in [0.4, 0.5) is 0 Å². The molecule has 1 unspecified atom stereocenters. The molecule has 0 aliphatic rings. The maximum absolute atomic E-state index is 13.4. The molecule has 3 rings (SSSR count). The lowest BCUT2D eigenvalue weighted by atomic mass is 10.0. The van der Waals surface area contributed by atoms with Crippen molar-refractivity contribution in [3.63, 3.8) is 0 Å². The zero-order valence-corrected chi connectivity index (χ0v) is 24.1. The minimum atomic E-state index is -1.55. The van der Waals surface area contributed by atoms with E-state index in [9.17, 15) is 24.3 Å². The third kappa shape index (κ3) is 8.80. The van der Waals surface area contributed by atoms with Crippen LogP contribution in [0.15, 0.2) is 60.7 Å². The summed E-state index contributed by atoms with van der Waals surface area (Å²) in [6.07, 6.45) is -1.55. The number of aliphatic hydroxyl groups excluding tert-OH is 1. The van der Waals surface area contributed by atoms with Gasteiger partial charge in [-0.1, -0.05) is 68.4 Å². The van der Waals surface area contributed by atoms with E-state index in [-0.39, 0.29) is 37.0 Å². The van der Waals surface area contributed by atoms with Crippen LogP contribution in [0.3, 0.4) is 0 Å². The molecule has 42 heavy (non-hydrogen) atoms. The molecule has 12 nitrogen and oxygen atoms in total. The van der Waals surface area contributed by atoms with E-state index in [1.165, 1.54) is 18.0 Å². The quantitative estimate of drug-likeness (QED) is 0.147. The summed E-state index contributed by atoms with van der Waals surface area (Å²) in [6.45, 7) is 5.88. The highest BCUT2D eigenvalue weighted by Crippen LogP contribution is 2.20. The van der Waals surface area contributed by atoms with E-state index in [1.807, 2.05) is 54.6 Å². The van der Waals surface area contributed by atoms with Crippen LogP contribution >= 0.6 is 0 Å². The van der Waals surface area contributed by atoms with Crippen LogP contribution in [0.1, 0.15) is 54.2 Å². The van der Waals surface area contributed by atoms with Gasteiger partial charge in [-0.25, -0.2) is 14.5 Å². The summed E-state index contributed by atoms with van der Waals surface area (Å²) in [5, 5.41) is 15.9. The maximum atomic E-state index is 13.4. The first-order valence-corrected chi connectivity index (χ1v) is 13.6. The van der Waals surface area contributed by atoms with Gasteiger partial charge in [0.05, 0.1) is 13.2 Å². The Kier molecular flexibility index (Phi) is 11.5. The summed E-state index contributed by atoms with van der Waals surface area (Å²) in [5.41, 5.74) is 11.2. The summed E-state index contributed by atoms with van der Waals surface area (Å²) in [5.74, 6) is -2.81. The molecule has 0 bridgehead atoms. The zero-order chi connectivity index (χ0) is 30.8. The Morgan fingerprint density at radius 1 is 1.00 bits per heavy atom. The Labute approximate surface area is 244 Å². The van der Waals surface area contributed by atoms with Crippen LogP contribution in [0, 0.1) is 5.92 Å². The standard InChI is InChI=1S/C30H37N5O7/c1-5-41-29(39)26(37)17-34(16-21-11-13-23(14-12-21)22-9-7-6-8-10-22)33-28(38)25-15-24(20(4)36)32-35(25)18-42-30(40)27(31)19(2)3/h6-15,19,26-27,37H,5,16-18,31H2,1-4H3,(H,33,38)/t26-,27?/m1/s1. The van der Waals surface area contributed by atoms with E-state index in [0.717, 1.165) is 21.4 Å². The minimum absolute atomic E-state index is 0.0148. The average Bonchev–Trinajstić information content (AvgIpc) is 3.41. The molecule has 4 N–H and O–H groups in total. The van der Waals surface area contributed by atoms with Crippen molar-refractivity contribution in [3.05, 3.63) is 77.6 Å². The summed E-state index contributed by atoms with van der Waals surface area (Å²) in [7, 11) is 0. The fourth-order valence-electron chi connectivity index (χ4n) is 3.89. The number of rotatable bonds is 14. The monoisotopic (exact) mass is 579 g/mol. The first kappa shape index (κ1) is 32.1. The van der Waals surface area contributed by atoms with Gasteiger partial charge in [-0.3, -0.25) is 19.8 Å². The third-order valence-corrected chi connectivity index (χ3v) is 6.34. The van der Waals surface area contributed by atoms with Crippen molar-refractivity contribution in [1.82, 2.24) is 20.2 Å². The number of amides is 1. The highest BCUT2D eigenvalue weighted by Gasteiger charge is 2.25. The number of nitrogens with two attached hydrogens (primary N) is 1. The molecule has 2 atom stereocenters. The largest absolute Gasteiger partial charge is 0.464 e. The fraction of sp³-hybridized carbons (Fsp3) is 0.367. The first-order chi connectivity index (χ1) is 20.0. The summed E-state index contributed by atoms with van der Waals surface area (Å²) < 4.78 is 11.2. The van der Waals surface area contributed by atoms with Gasteiger partial charge >= 0.3 is 11.9 Å². The minimum Gasteiger partial charge on any atom is -0.464 e. The molecule has 0 spiro atoms.